The van der Waals surface area contributed by atoms with Crippen molar-refractivity contribution in [2.45, 2.75) is 24.7 Å². The molecule has 57 heavy (non-hydrogen) atoms. The molecule has 1 fully saturated rings. The van der Waals surface area contributed by atoms with Crippen molar-refractivity contribution < 1.29 is 32.2 Å². The molecule has 15 heteroatoms. The highest BCUT2D eigenvalue weighted by molar-refractivity contribution is 9.11. The first-order valence-corrected chi connectivity index (χ1v) is 20.2. The summed E-state index contributed by atoms with van der Waals surface area (Å²) in [6.45, 7) is 2.36. The highest BCUT2D eigenvalue weighted by atomic mass is 79.9. The second-order valence-corrected chi connectivity index (χ2v) is 15.9. The molecule has 1 aromatic heterocycles. The summed E-state index contributed by atoms with van der Waals surface area (Å²) in [6.07, 6.45) is 0. The minimum absolute atomic E-state index is 0.0521. The number of carbonyl (C=O) groups is 1. The Morgan fingerprint density at radius 2 is 1.32 bits per heavy atom. The predicted molar refractivity (Wildman–Crippen MR) is 223 cm³/mol. The van der Waals surface area contributed by atoms with E-state index >= 15 is 0 Å². The third-order valence-electron chi connectivity index (χ3n) is 9.15. The van der Waals surface area contributed by atoms with Gasteiger partial charge < -0.3 is 29.4 Å². The number of amidine groups is 1. The normalized spacial score (nSPS) is 18.9. The Labute approximate surface area is 352 Å². The molecule has 3 aliphatic heterocycles. The topological polar surface area (TPSA) is 99.0 Å². The number of morpholine rings is 1. The molecule has 0 saturated carbocycles. The largest absolute Gasteiger partial charge is 0.371 e. The fourth-order valence-electron chi connectivity index (χ4n) is 6.54. The molecule has 1 amide bonds. The van der Waals surface area contributed by atoms with E-state index in [9.17, 15) is 18.0 Å². The number of hydrogen-bond donors (Lipinski definition) is 2. The second-order valence-electron chi connectivity index (χ2n) is 13.2. The van der Waals surface area contributed by atoms with Crippen LogP contribution in [0.1, 0.15) is 40.6 Å². The van der Waals surface area contributed by atoms with E-state index in [1.54, 1.807) is 30.3 Å². The van der Waals surface area contributed by atoms with E-state index in [1.807, 2.05) is 48.5 Å². The minimum atomic E-state index is -0.303. The summed E-state index contributed by atoms with van der Waals surface area (Å²) in [6, 6.07) is 30.7. The van der Waals surface area contributed by atoms with Gasteiger partial charge in [0.1, 0.15) is 55.0 Å². The Bertz CT molecular complexity index is 2410. The maximum Gasteiger partial charge on any atom is 0.246 e. The van der Waals surface area contributed by atoms with Gasteiger partial charge >= 0.3 is 0 Å². The van der Waals surface area contributed by atoms with Gasteiger partial charge in [0.15, 0.2) is 0 Å². The average molecular weight is 970 g/mol. The van der Waals surface area contributed by atoms with Gasteiger partial charge in [0.25, 0.3) is 0 Å². The summed E-state index contributed by atoms with van der Waals surface area (Å²) in [5.41, 5.74) is 5.32. The van der Waals surface area contributed by atoms with Crippen LogP contribution in [0.3, 0.4) is 0 Å². The Morgan fingerprint density at radius 1 is 0.684 bits per heavy atom. The van der Waals surface area contributed by atoms with Gasteiger partial charge in [0, 0.05) is 13.4 Å². The van der Waals surface area contributed by atoms with Crippen LogP contribution in [0.2, 0.25) is 0 Å². The van der Waals surface area contributed by atoms with Crippen molar-refractivity contribution >= 4 is 76.3 Å². The van der Waals surface area contributed by atoms with E-state index < -0.39 is 0 Å². The first-order chi connectivity index (χ1) is 27.6. The van der Waals surface area contributed by atoms with Crippen LogP contribution in [-0.2, 0) is 25.6 Å². The van der Waals surface area contributed by atoms with E-state index in [4.69, 9.17) is 14.2 Å². The van der Waals surface area contributed by atoms with Gasteiger partial charge in [-0.05, 0) is 105 Å². The number of ether oxygens (including phenoxy) is 3. The van der Waals surface area contributed by atoms with Crippen molar-refractivity contribution in [2.24, 2.45) is 4.99 Å². The number of rotatable bonds is 4. The number of carbonyl (C=O) groups excluding carboxylic acids is 1. The van der Waals surface area contributed by atoms with Gasteiger partial charge in [0.05, 0.1) is 48.6 Å². The number of fused-ring (bicyclic) bond motifs is 3. The van der Waals surface area contributed by atoms with Crippen LogP contribution in [0.5, 0.6) is 0 Å². The first-order valence-electron chi connectivity index (χ1n) is 17.8. The van der Waals surface area contributed by atoms with Gasteiger partial charge in [0.2, 0.25) is 5.91 Å². The zero-order chi connectivity index (χ0) is 39.9. The molecular formula is C42H35Br3F3N5O4. The summed E-state index contributed by atoms with van der Waals surface area (Å²) < 4.78 is 61.1. The molecule has 9 rings (SSSR count). The Kier molecular flexibility index (Phi) is 13.5. The second kappa shape index (κ2) is 18.9. The fraction of sp³-hybridized carbons (Fsp3) is 0.214. The Balaban J connectivity index is 0.000000134. The molecule has 1 saturated heterocycles. The van der Waals surface area contributed by atoms with Gasteiger partial charge in [-0.2, -0.15) is 0 Å². The summed E-state index contributed by atoms with van der Waals surface area (Å²) in [7, 11) is 0. The number of aromatic nitrogens is 2. The predicted octanol–water partition coefficient (Wildman–Crippen LogP) is 10.0. The molecule has 3 aliphatic rings. The number of imidazole rings is 1. The summed E-state index contributed by atoms with van der Waals surface area (Å²) in [5, 5.41) is 5.98. The number of halogens is 6. The van der Waals surface area contributed by atoms with Crippen LogP contribution >= 0.6 is 47.8 Å². The molecule has 0 radical (unpaired) electrons. The van der Waals surface area contributed by atoms with E-state index in [2.05, 4.69) is 73.0 Å². The van der Waals surface area contributed by atoms with E-state index in [0.29, 0.717) is 33.0 Å². The molecule has 2 N–H and O–H groups in total. The van der Waals surface area contributed by atoms with Crippen LogP contribution < -0.4 is 10.6 Å². The van der Waals surface area contributed by atoms with Crippen LogP contribution in [0.4, 0.5) is 18.9 Å². The number of aliphatic imine (C=N–C) groups is 1. The fourth-order valence-corrected chi connectivity index (χ4v) is 8.04. The van der Waals surface area contributed by atoms with E-state index in [1.165, 1.54) is 30.3 Å². The Hall–Kier alpha value is -4.38. The van der Waals surface area contributed by atoms with Crippen LogP contribution in [0.25, 0.3) is 11.0 Å². The average Bonchev–Trinajstić information content (AvgIpc) is 3.58. The van der Waals surface area contributed by atoms with Crippen molar-refractivity contribution in [1.82, 2.24) is 14.9 Å². The van der Waals surface area contributed by atoms with Gasteiger partial charge in [-0.15, -0.1) is 0 Å². The molecule has 4 heterocycles. The summed E-state index contributed by atoms with van der Waals surface area (Å²) in [5.74, 6) is 0.647. The van der Waals surface area contributed by atoms with Crippen molar-refractivity contribution in [3.63, 3.8) is 0 Å². The lowest BCUT2D eigenvalue weighted by Gasteiger charge is -2.26. The zero-order valence-electron chi connectivity index (χ0n) is 30.1. The smallest absolute Gasteiger partial charge is 0.246 e. The molecular weight excluding hydrogens is 935 g/mol. The van der Waals surface area contributed by atoms with Crippen molar-refractivity contribution in [3.05, 3.63) is 163 Å². The number of hydrogen-bond acceptors (Lipinski definition) is 7. The lowest BCUT2D eigenvalue weighted by Crippen LogP contribution is -2.39. The van der Waals surface area contributed by atoms with Gasteiger partial charge in [-0.25, -0.2) is 18.2 Å². The van der Waals surface area contributed by atoms with Crippen molar-refractivity contribution in [3.8, 4) is 0 Å². The molecule has 0 aliphatic carbocycles. The standard InChI is InChI=1S/C16H13Br2FN2O.C16H12BrFN2O.C10H10FNO2/c17-11-4-5-14(13(18)7-11)20-16-9-22-8-15(21-16)10-2-1-3-12(19)6-10;17-11-4-5-13-14(7-11)20-15(8-21-9-16(20)19-13)10-2-1-3-12(18)6-10;11-8-3-1-2-7(4-8)9-5-14-6-10(13)12-9/h1-7,15H,8-9H2,(H,20,21);1-7,15H,8-9H2;1-4,9H,5-6H2,(H,12,13). The molecule has 0 bridgehead atoms. The molecule has 5 aromatic carbocycles. The Morgan fingerprint density at radius 3 is 2.04 bits per heavy atom. The zero-order valence-corrected chi connectivity index (χ0v) is 34.9. The van der Waals surface area contributed by atoms with Crippen LogP contribution in [0.15, 0.2) is 128 Å². The molecule has 6 aromatic rings. The van der Waals surface area contributed by atoms with E-state index in [0.717, 1.165) is 58.5 Å². The third kappa shape index (κ3) is 10.6. The summed E-state index contributed by atoms with van der Waals surface area (Å²) in [4.78, 5) is 20.3. The molecule has 0 spiro atoms. The van der Waals surface area contributed by atoms with Gasteiger partial charge in [-0.1, -0.05) is 68.3 Å². The number of amides is 1. The number of nitrogens with zero attached hydrogens (tertiary/aromatic N) is 3. The summed E-state index contributed by atoms with van der Waals surface area (Å²) >= 11 is 10.4. The van der Waals surface area contributed by atoms with Crippen LogP contribution in [-0.4, -0.2) is 54.3 Å². The number of benzene rings is 5. The lowest BCUT2D eigenvalue weighted by atomic mass is 10.1. The monoisotopic (exact) mass is 967 g/mol. The molecule has 3 atom stereocenters. The van der Waals surface area contributed by atoms with E-state index in [-0.39, 0.29) is 48.1 Å². The highest BCUT2D eigenvalue weighted by Gasteiger charge is 2.26. The molecule has 3 unspecified atom stereocenters. The maximum atomic E-state index is 13.5. The third-order valence-corrected chi connectivity index (χ3v) is 10.8. The molecule has 9 nitrogen and oxygen atoms in total. The lowest BCUT2D eigenvalue weighted by molar-refractivity contribution is -0.131. The number of anilines is 1. The molecule has 294 valence electrons. The van der Waals surface area contributed by atoms with Crippen molar-refractivity contribution in [2.75, 3.05) is 38.4 Å². The quantitative estimate of drug-likeness (QED) is 0.183. The van der Waals surface area contributed by atoms with Crippen LogP contribution in [0, 0.1) is 17.5 Å². The van der Waals surface area contributed by atoms with Crippen molar-refractivity contribution in [1.29, 1.82) is 0 Å². The van der Waals surface area contributed by atoms with Gasteiger partial charge in [-0.3, -0.25) is 9.79 Å². The first kappa shape index (κ1) is 40.8. The number of nitrogens with one attached hydrogen (secondary N) is 2. The minimum Gasteiger partial charge on any atom is -0.371 e. The SMILES string of the molecule is Fc1cccc(C2COCC(Nc3ccc(Br)cc3Br)=N2)c1.Fc1cccc(C2COCc3nc4ccc(Br)cc4n32)c1.O=C1COCC(c2cccc(F)c2)N1. The maximum absolute atomic E-state index is 13.5. The highest BCUT2D eigenvalue weighted by Crippen LogP contribution is 2.32.